The number of halogens is 2. The van der Waals surface area contributed by atoms with Crippen LogP contribution in [0.1, 0.15) is 45.2 Å². The minimum atomic E-state index is 0.339. The van der Waals surface area contributed by atoms with Gasteiger partial charge in [-0.2, -0.15) is 0 Å². The van der Waals surface area contributed by atoms with Gasteiger partial charge in [0.05, 0.1) is 0 Å². The lowest BCUT2D eigenvalue weighted by molar-refractivity contribution is 0.430. The molecule has 0 radical (unpaired) electrons. The largest absolute Gasteiger partial charge is 0.310 e. The Morgan fingerprint density at radius 1 is 1.12 bits per heavy atom. The van der Waals surface area contributed by atoms with Crippen LogP contribution < -0.4 is 5.32 Å². The highest BCUT2D eigenvalue weighted by molar-refractivity contribution is 6.34. The Kier molecular flexibility index (Phi) is 6.32. The van der Waals surface area contributed by atoms with Crippen molar-refractivity contribution in [2.45, 2.75) is 39.7 Å². The van der Waals surface area contributed by atoms with Gasteiger partial charge in [0.1, 0.15) is 0 Å². The molecule has 17 heavy (non-hydrogen) atoms. The van der Waals surface area contributed by atoms with Crippen molar-refractivity contribution in [3.8, 4) is 0 Å². The summed E-state index contributed by atoms with van der Waals surface area (Å²) in [7, 11) is 0. The van der Waals surface area contributed by atoms with Crippen molar-refractivity contribution in [1.82, 2.24) is 5.32 Å². The van der Waals surface area contributed by atoms with Gasteiger partial charge >= 0.3 is 0 Å². The predicted molar refractivity (Wildman–Crippen MR) is 77.0 cm³/mol. The molecule has 0 saturated heterocycles. The van der Waals surface area contributed by atoms with Crippen molar-refractivity contribution in [1.29, 1.82) is 0 Å². The summed E-state index contributed by atoms with van der Waals surface area (Å²) in [4.78, 5) is 0. The van der Waals surface area contributed by atoms with Gasteiger partial charge in [0.2, 0.25) is 0 Å². The molecule has 0 aliphatic rings. The van der Waals surface area contributed by atoms with Crippen LogP contribution in [-0.4, -0.2) is 6.54 Å². The molecule has 1 N–H and O–H groups in total. The summed E-state index contributed by atoms with van der Waals surface area (Å²) in [5.41, 5.74) is 1.18. The van der Waals surface area contributed by atoms with E-state index < -0.39 is 0 Å². The molecule has 0 aromatic heterocycles. The minimum absolute atomic E-state index is 0.339. The van der Waals surface area contributed by atoms with Crippen molar-refractivity contribution in [2.24, 2.45) is 5.92 Å². The first-order valence-corrected chi connectivity index (χ1v) is 6.98. The van der Waals surface area contributed by atoms with E-state index in [1.807, 2.05) is 12.1 Å². The van der Waals surface area contributed by atoms with Gasteiger partial charge in [0, 0.05) is 16.1 Å². The van der Waals surface area contributed by atoms with Crippen LogP contribution in [0.4, 0.5) is 0 Å². The highest BCUT2D eigenvalue weighted by Gasteiger charge is 2.13. The van der Waals surface area contributed by atoms with Crippen LogP contribution in [0.25, 0.3) is 0 Å². The normalized spacial score (nSPS) is 13.1. The maximum absolute atomic E-state index is 6.05. The Labute approximate surface area is 115 Å². The van der Waals surface area contributed by atoms with E-state index in [0.717, 1.165) is 19.4 Å². The van der Waals surface area contributed by atoms with Gasteiger partial charge in [0.25, 0.3) is 0 Å². The lowest BCUT2D eigenvalue weighted by Gasteiger charge is -2.21. The van der Waals surface area contributed by atoms with Crippen LogP contribution in [0, 0.1) is 5.92 Å². The third-order valence-corrected chi connectivity index (χ3v) is 3.07. The summed E-state index contributed by atoms with van der Waals surface area (Å²) < 4.78 is 0. The number of nitrogens with one attached hydrogen (secondary N) is 1. The summed E-state index contributed by atoms with van der Waals surface area (Å²) in [6.45, 7) is 7.64. The molecule has 1 nitrogen and oxygen atoms in total. The van der Waals surface area contributed by atoms with Crippen molar-refractivity contribution in [3.05, 3.63) is 33.8 Å². The zero-order valence-corrected chi connectivity index (χ0v) is 12.3. The standard InChI is InChI=1S/C14H21Cl2N/c1-4-5-17-14(6-10(2)3)11-7-12(15)9-13(16)8-11/h7-10,14,17H,4-6H2,1-3H3. The second-order valence-electron chi connectivity index (χ2n) is 4.84. The molecule has 0 aliphatic carbocycles. The van der Waals surface area contributed by atoms with E-state index in [4.69, 9.17) is 23.2 Å². The molecular weight excluding hydrogens is 253 g/mol. The average Bonchev–Trinajstić information content (AvgIpc) is 2.22. The number of benzene rings is 1. The topological polar surface area (TPSA) is 12.0 Å². The van der Waals surface area contributed by atoms with Crippen LogP contribution in [0.15, 0.2) is 18.2 Å². The van der Waals surface area contributed by atoms with E-state index in [9.17, 15) is 0 Å². The van der Waals surface area contributed by atoms with Crippen LogP contribution >= 0.6 is 23.2 Å². The number of hydrogen-bond acceptors (Lipinski definition) is 1. The molecule has 0 saturated carbocycles. The number of rotatable bonds is 6. The van der Waals surface area contributed by atoms with Gasteiger partial charge < -0.3 is 5.32 Å². The highest BCUT2D eigenvalue weighted by atomic mass is 35.5. The summed E-state index contributed by atoms with van der Waals surface area (Å²) in [6.07, 6.45) is 2.22. The molecule has 0 amide bonds. The van der Waals surface area contributed by atoms with Gasteiger partial charge in [-0.15, -0.1) is 0 Å². The summed E-state index contributed by atoms with van der Waals surface area (Å²) >= 11 is 12.1. The predicted octanol–water partition coefficient (Wildman–Crippen LogP) is 5.08. The second-order valence-corrected chi connectivity index (χ2v) is 5.71. The van der Waals surface area contributed by atoms with E-state index in [2.05, 4.69) is 26.1 Å². The molecule has 0 fully saturated rings. The molecule has 0 bridgehead atoms. The summed E-state index contributed by atoms with van der Waals surface area (Å²) in [5, 5.41) is 4.97. The molecule has 0 spiro atoms. The van der Waals surface area contributed by atoms with Crippen LogP contribution in [0.5, 0.6) is 0 Å². The Morgan fingerprint density at radius 2 is 1.71 bits per heavy atom. The lowest BCUT2D eigenvalue weighted by atomic mass is 9.97. The first-order chi connectivity index (χ1) is 8.02. The Hall–Kier alpha value is -0.240. The molecule has 1 rings (SSSR count). The van der Waals surface area contributed by atoms with Gasteiger partial charge in [-0.05, 0) is 49.1 Å². The fourth-order valence-corrected chi connectivity index (χ4v) is 2.45. The quantitative estimate of drug-likeness (QED) is 0.762. The van der Waals surface area contributed by atoms with Crippen LogP contribution in [0.3, 0.4) is 0 Å². The molecule has 0 aliphatic heterocycles. The van der Waals surface area contributed by atoms with E-state index in [-0.39, 0.29) is 0 Å². The van der Waals surface area contributed by atoms with Gasteiger partial charge in [-0.1, -0.05) is 44.0 Å². The van der Waals surface area contributed by atoms with Gasteiger partial charge in [0.15, 0.2) is 0 Å². The fourth-order valence-electron chi connectivity index (χ4n) is 1.90. The van der Waals surface area contributed by atoms with Gasteiger partial charge in [-0.25, -0.2) is 0 Å². The van der Waals surface area contributed by atoms with Crippen LogP contribution in [0.2, 0.25) is 10.0 Å². The molecule has 3 heteroatoms. The van der Waals surface area contributed by atoms with E-state index >= 15 is 0 Å². The Morgan fingerprint density at radius 3 is 2.18 bits per heavy atom. The van der Waals surface area contributed by atoms with Crippen molar-refractivity contribution in [2.75, 3.05) is 6.54 Å². The summed E-state index contributed by atoms with van der Waals surface area (Å²) in [6, 6.07) is 6.12. The third-order valence-electron chi connectivity index (χ3n) is 2.64. The Bertz CT molecular complexity index is 330. The minimum Gasteiger partial charge on any atom is -0.310 e. The lowest BCUT2D eigenvalue weighted by Crippen LogP contribution is -2.23. The van der Waals surface area contributed by atoms with Gasteiger partial charge in [-0.3, -0.25) is 0 Å². The first-order valence-electron chi connectivity index (χ1n) is 6.22. The SMILES string of the molecule is CCCNC(CC(C)C)c1cc(Cl)cc(Cl)c1. The molecule has 0 heterocycles. The second kappa shape index (κ2) is 7.25. The zero-order valence-electron chi connectivity index (χ0n) is 10.8. The van der Waals surface area contributed by atoms with E-state index in [1.165, 1.54) is 5.56 Å². The highest BCUT2D eigenvalue weighted by Crippen LogP contribution is 2.27. The molecular formula is C14H21Cl2N. The average molecular weight is 274 g/mol. The monoisotopic (exact) mass is 273 g/mol. The first kappa shape index (κ1) is 14.8. The maximum Gasteiger partial charge on any atom is 0.0424 e. The molecule has 1 aromatic carbocycles. The molecule has 1 unspecified atom stereocenters. The number of hydrogen-bond donors (Lipinski definition) is 1. The van der Waals surface area contributed by atoms with Crippen molar-refractivity contribution < 1.29 is 0 Å². The van der Waals surface area contributed by atoms with E-state index in [1.54, 1.807) is 6.07 Å². The Balaban J connectivity index is 2.86. The maximum atomic E-state index is 6.05. The van der Waals surface area contributed by atoms with Crippen molar-refractivity contribution >= 4 is 23.2 Å². The molecule has 1 aromatic rings. The summed E-state index contributed by atoms with van der Waals surface area (Å²) in [5.74, 6) is 0.641. The van der Waals surface area contributed by atoms with Crippen LogP contribution in [-0.2, 0) is 0 Å². The smallest absolute Gasteiger partial charge is 0.0424 e. The fraction of sp³-hybridized carbons (Fsp3) is 0.571. The molecule has 96 valence electrons. The van der Waals surface area contributed by atoms with Crippen molar-refractivity contribution in [3.63, 3.8) is 0 Å². The third kappa shape index (κ3) is 5.29. The van der Waals surface area contributed by atoms with E-state index in [0.29, 0.717) is 22.0 Å². The zero-order chi connectivity index (χ0) is 12.8. The molecule has 1 atom stereocenters.